The number of benzene rings is 1. The standard InChI is InChI=1S/C21H31ClN2O/c1-4-5-7-18-10-11-19(16-17-8-12-20(22)13-9-17)21(18)23-25-15-6-14-24(2)3/h8-9,12-13,16,18H,4-7,10-11,14-15H2,1-3H3/b19-16+,23-21+/t18-/m1/s1. The monoisotopic (exact) mass is 362 g/mol. The highest BCUT2D eigenvalue weighted by atomic mass is 35.5. The van der Waals surface area contributed by atoms with Gasteiger partial charge in [-0.15, -0.1) is 0 Å². The van der Waals surface area contributed by atoms with Gasteiger partial charge in [0.25, 0.3) is 0 Å². The molecule has 1 atom stereocenters. The van der Waals surface area contributed by atoms with E-state index in [0.717, 1.165) is 30.1 Å². The maximum absolute atomic E-state index is 5.99. The Morgan fingerprint density at radius 3 is 2.68 bits per heavy atom. The summed E-state index contributed by atoms with van der Waals surface area (Å²) in [4.78, 5) is 7.83. The van der Waals surface area contributed by atoms with Gasteiger partial charge < -0.3 is 9.74 Å². The van der Waals surface area contributed by atoms with Crippen LogP contribution in [-0.4, -0.2) is 37.9 Å². The Morgan fingerprint density at radius 2 is 2.00 bits per heavy atom. The third-order valence-electron chi connectivity index (χ3n) is 4.60. The van der Waals surface area contributed by atoms with Gasteiger partial charge in [-0.25, -0.2) is 0 Å². The first-order valence-corrected chi connectivity index (χ1v) is 9.79. The van der Waals surface area contributed by atoms with Crippen molar-refractivity contribution in [1.82, 2.24) is 4.90 Å². The molecule has 2 rings (SSSR count). The van der Waals surface area contributed by atoms with Gasteiger partial charge in [0.2, 0.25) is 0 Å². The summed E-state index contributed by atoms with van der Waals surface area (Å²) in [5.41, 5.74) is 3.65. The van der Waals surface area contributed by atoms with E-state index in [4.69, 9.17) is 16.4 Å². The van der Waals surface area contributed by atoms with E-state index < -0.39 is 0 Å². The number of rotatable bonds is 9. The molecule has 3 nitrogen and oxygen atoms in total. The normalized spacial score (nSPS) is 20.8. The number of nitrogens with zero attached hydrogens (tertiary/aromatic N) is 2. The van der Waals surface area contributed by atoms with Crippen molar-refractivity contribution in [1.29, 1.82) is 0 Å². The molecule has 0 saturated heterocycles. The Hall–Kier alpha value is -1.32. The summed E-state index contributed by atoms with van der Waals surface area (Å²) in [5, 5.41) is 5.32. The highest BCUT2D eigenvalue weighted by molar-refractivity contribution is 6.30. The zero-order chi connectivity index (χ0) is 18.1. The van der Waals surface area contributed by atoms with Crippen molar-refractivity contribution in [3.05, 3.63) is 40.4 Å². The van der Waals surface area contributed by atoms with E-state index in [1.54, 1.807) is 0 Å². The Labute approximate surface area is 157 Å². The minimum atomic E-state index is 0.535. The van der Waals surface area contributed by atoms with Gasteiger partial charge in [0.1, 0.15) is 6.61 Å². The molecule has 4 heteroatoms. The van der Waals surface area contributed by atoms with Gasteiger partial charge in [-0.2, -0.15) is 0 Å². The Balaban J connectivity index is 2.06. The number of allylic oxidation sites excluding steroid dienone is 1. The summed E-state index contributed by atoms with van der Waals surface area (Å²) >= 11 is 5.99. The van der Waals surface area contributed by atoms with Crippen molar-refractivity contribution in [2.24, 2.45) is 11.1 Å². The van der Waals surface area contributed by atoms with Gasteiger partial charge in [-0.1, -0.05) is 48.7 Å². The van der Waals surface area contributed by atoms with Gasteiger partial charge in [-0.05, 0) is 69.1 Å². The first-order valence-electron chi connectivity index (χ1n) is 9.41. The Kier molecular flexibility index (Phi) is 8.50. The molecule has 0 aliphatic heterocycles. The first kappa shape index (κ1) is 20.0. The van der Waals surface area contributed by atoms with Crippen molar-refractivity contribution in [3.8, 4) is 0 Å². The minimum absolute atomic E-state index is 0.535. The summed E-state index contributed by atoms with van der Waals surface area (Å²) in [6.45, 7) is 3.95. The molecule has 0 heterocycles. The van der Waals surface area contributed by atoms with E-state index in [1.807, 2.05) is 12.1 Å². The van der Waals surface area contributed by atoms with Crippen LogP contribution < -0.4 is 0 Å². The molecule has 0 radical (unpaired) electrons. The molecule has 1 aromatic carbocycles. The van der Waals surface area contributed by atoms with Gasteiger partial charge in [0, 0.05) is 17.5 Å². The average molecular weight is 363 g/mol. The van der Waals surface area contributed by atoms with Crippen LogP contribution in [0.5, 0.6) is 0 Å². The lowest BCUT2D eigenvalue weighted by atomic mass is 9.98. The summed E-state index contributed by atoms with van der Waals surface area (Å²) in [6.07, 6.45) is 9.18. The largest absolute Gasteiger partial charge is 0.396 e. The molecule has 138 valence electrons. The predicted molar refractivity (Wildman–Crippen MR) is 108 cm³/mol. The van der Waals surface area contributed by atoms with Crippen LogP contribution in [0.2, 0.25) is 5.02 Å². The minimum Gasteiger partial charge on any atom is -0.396 e. The summed E-state index contributed by atoms with van der Waals surface area (Å²) in [5.74, 6) is 0.535. The van der Waals surface area contributed by atoms with Crippen LogP contribution in [0, 0.1) is 5.92 Å². The SMILES string of the molecule is CCCC[C@@H]1CCC(=C\c2ccc(Cl)cc2)/C1=N/OCCCN(C)C. The lowest BCUT2D eigenvalue weighted by Gasteiger charge is -2.12. The molecule has 0 amide bonds. The average Bonchev–Trinajstić information content (AvgIpc) is 2.96. The lowest BCUT2D eigenvalue weighted by Crippen LogP contribution is -2.15. The fourth-order valence-corrected chi connectivity index (χ4v) is 3.31. The molecule has 1 aliphatic carbocycles. The second-order valence-corrected chi connectivity index (χ2v) is 7.50. The molecule has 0 spiro atoms. The van der Waals surface area contributed by atoms with Gasteiger partial charge >= 0.3 is 0 Å². The van der Waals surface area contributed by atoms with E-state index >= 15 is 0 Å². The highest BCUT2D eigenvalue weighted by Gasteiger charge is 2.27. The third kappa shape index (κ3) is 6.83. The Morgan fingerprint density at radius 1 is 1.24 bits per heavy atom. The zero-order valence-electron chi connectivity index (χ0n) is 15.8. The molecular weight excluding hydrogens is 332 g/mol. The van der Waals surface area contributed by atoms with Crippen LogP contribution in [0.3, 0.4) is 0 Å². The Bertz CT molecular complexity index is 578. The van der Waals surface area contributed by atoms with Crippen molar-refractivity contribution in [3.63, 3.8) is 0 Å². The van der Waals surface area contributed by atoms with E-state index in [9.17, 15) is 0 Å². The molecule has 1 fully saturated rings. The fraction of sp³-hybridized carbons (Fsp3) is 0.571. The van der Waals surface area contributed by atoms with Crippen molar-refractivity contribution in [2.45, 2.75) is 45.4 Å². The summed E-state index contributed by atoms with van der Waals surface area (Å²) < 4.78 is 0. The van der Waals surface area contributed by atoms with Gasteiger partial charge in [0.15, 0.2) is 0 Å². The van der Waals surface area contributed by atoms with E-state index in [-0.39, 0.29) is 0 Å². The summed E-state index contributed by atoms with van der Waals surface area (Å²) in [7, 11) is 4.16. The van der Waals surface area contributed by atoms with Gasteiger partial charge in [-0.3, -0.25) is 0 Å². The molecule has 0 N–H and O–H groups in total. The lowest BCUT2D eigenvalue weighted by molar-refractivity contribution is 0.134. The maximum Gasteiger partial charge on any atom is 0.118 e. The van der Waals surface area contributed by atoms with Crippen molar-refractivity contribution >= 4 is 23.4 Å². The molecule has 0 unspecified atom stereocenters. The predicted octanol–water partition coefficient (Wildman–Crippen LogP) is 5.65. The van der Waals surface area contributed by atoms with Crippen molar-refractivity contribution < 1.29 is 4.84 Å². The molecule has 1 aliphatic rings. The van der Waals surface area contributed by atoms with E-state index in [2.05, 4.69) is 49.3 Å². The molecule has 1 aromatic rings. The summed E-state index contributed by atoms with van der Waals surface area (Å²) in [6, 6.07) is 7.99. The quantitative estimate of drug-likeness (QED) is 0.419. The molecule has 1 saturated carbocycles. The number of hydrogen-bond acceptors (Lipinski definition) is 3. The van der Waals surface area contributed by atoms with Crippen molar-refractivity contribution in [2.75, 3.05) is 27.2 Å². The van der Waals surface area contributed by atoms with Crippen LogP contribution in [0.4, 0.5) is 0 Å². The van der Waals surface area contributed by atoms with E-state index in [0.29, 0.717) is 12.5 Å². The molecule has 0 bridgehead atoms. The van der Waals surface area contributed by atoms with Gasteiger partial charge in [0.05, 0.1) is 5.71 Å². The topological polar surface area (TPSA) is 24.8 Å². The highest BCUT2D eigenvalue weighted by Crippen LogP contribution is 2.33. The number of oxime groups is 1. The van der Waals surface area contributed by atoms with Crippen LogP contribution in [0.15, 0.2) is 35.0 Å². The number of hydrogen-bond donors (Lipinski definition) is 0. The van der Waals surface area contributed by atoms with Crippen LogP contribution >= 0.6 is 11.6 Å². The second-order valence-electron chi connectivity index (χ2n) is 7.07. The molecule has 25 heavy (non-hydrogen) atoms. The maximum atomic E-state index is 5.99. The van der Waals surface area contributed by atoms with Crippen LogP contribution in [0.1, 0.15) is 51.0 Å². The van der Waals surface area contributed by atoms with Crippen LogP contribution in [-0.2, 0) is 4.84 Å². The molecule has 0 aromatic heterocycles. The third-order valence-corrected chi connectivity index (χ3v) is 4.85. The second kappa shape index (κ2) is 10.6. The van der Waals surface area contributed by atoms with E-state index in [1.165, 1.54) is 36.8 Å². The van der Waals surface area contributed by atoms with Crippen LogP contribution in [0.25, 0.3) is 6.08 Å². The fourth-order valence-electron chi connectivity index (χ4n) is 3.19. The number of unbranched alkanes of at least 4 members (excludes halogenated alkanes) is 1. The zero-order valence-corrected chi connectivity index (χ0v) is 16.6. The number of halogens is 1. The molecular formula is C21H31ClN2O. The first-order chi connectivity index (χ1) is 12.1. The smallest absolute Gasteiger partial charge is 0.118 e.